The van der Waals surface area contributed by atoms with Gasteiger partial charge in [0.05, 0.1) is 34.4 Å². The van der Waals surface area contributed by atoms with E-state index in [0.717, 1.165) is 21.1 Å². The number of carbonyl (C=O) groups excluding carboxylic acids is 1. The molecule has 2 unspecified atom stereocenters. The number of amides is 1. The summed E-state index contributed by atoms with van der Waals surface area (Å²) in [7, 11) is -1.99. The van der Waals surface area contributed by atoms with Gasteiger partial charge in [0.1, 0.15) is 5.75 Å². The van der Waals surface area contributed by atoms with E-state index in [0.29, 0.717) is 44.8 Å². The fraction of sp³-hybridized carbons (Fsp3) is 0.440. The number of nitrogens with zero attached hydrogens (tertiary/aromatic N) is 4. The van der Waals surface area contributed by atoms with E-state index in [-0.39, 0.29) is 23.0 Å². The quantitative estimate of drug-likeness (QED) is 0.501. The van der Waals surface area contributed by atoms with Crippen LogP contribution in [-0.4, -0.2) is 87.1 Å². The number of morpholine rings is 1. The Labute approximate surface area is 215 Å². The van der Waals surface area contributed by atoms with Gasteiger partial charge in [-0.05, 0) is 56.3 Å². The maximum Gasteiger partial charge on any atom is 0.253 e. The van der Waals surface area contributed by atoms with Crippen molar-refractivity contribution in [3.05, 3.63) is 48.0 Å². The zero-order chi connectivity index (χ0) is 25.4. The molecule has 0 saturated carbocycles. The average Bonchev–Trinajstić information content (AvgIpc) is 3.31. The molecule has 0 bridgehead atoms. The molecule has 2 aliphatic rings. The van der Waals surface area contributed by atoms with Gasteiger partial charge in [0.2, 0.25) is 10.0 Å². The smallest absolute Gasteiger partial charge is 0.253 e. The van der Waals surface area contributed by atoms with Crippen LogP contribution in [-0.2, 0) is 14.8 Å². The van der Waals surface area contributed by atoms with Crippen LogP contribution in [0.15, 0.2) is 47.4 Å². The largest absolute Gasteiger partial charge is 0.497 e. The van der Waals surface area contributed by atoms with Crippen molar-refractivity contribution < 1.29 is 22.7 Å². The second-order valence-corrected chi connectivity index (χ2v) is 12.2. The molecule has 5 rings (SSSR count). The first kappa shape index (κ1) is 24.9. The number of hydrogen-bond donors (Lipinski definition) is 0. The molecule has 2 atom stereocenters. The molecule has 1 aromatic heterocycles. The molecule has 2 aliphatic heterocycles. The lowest BCUT2D eigenvalue weighted by atomic mass is 10.2. The van der Waals surface area contributed by atoms with Crippen molar-refractivity contribution in [1.82, 2.24) is 14.2 Å². The van der Waals surface area contributed by atoms with Gasteiger partial charge in [-0.15, -0.1) is 0 Å². The Kier molecular flexibility index (Phi) is 6.90. The standard InChI is InChI=1S/C25H30N4O5S2/c1-17-15-29(16-18(2)34-17)36(31,32)21-7-4-19(5-8-21)24(30)27-10-12-28(13-11-27)25-26-22-9-6-20(33-3)14-23(22)35-25/h4-9,14,17-18H,10-13,15-16H2,1-3H3. The first-order valence-corrected chi connectivity index (χ1v) is 14.2. The summed E-state index contributed by atoms with van der Waals surface area (Å²) in [5, 5.41) is 0.937. The highest BCUT2D eigenvalue weighted by molar-refractivity contribution is 7.89. The molecule has 11 heteroatoms. The predicted octanol–water partition coefficient (Wildman–Crippen LogP) is 3.07. The summed E-state index contributed by atoms with van der Waals surface area (Å²) in [4.78, 5) is 22.0. The number of sulfonamides is 1. The minimum Gasteiger partial charge on any atom is -0.497 e. The number of carbonyl (C=O) groups is 1. The number of benzene rings is 2. The van der Waals surface area contributed by atoms with Gasteiger partial charge in [0, 0.05) is 44.8 Å². The molecule has 0 N–H and O–H groups in total. The van der Waals surface area contributed by atoms with E-state index in [1.807, 2.05) is 36.9 Å². The summed E-state index contributed by atoms with van der Waals surface area (Å²) in [5.41, 5.74) is 1.42. The van der Waals surface area contributed by atoms with Crippen LogP contribution in [0.2, 0.25) is 0 Å². The summed E-state index contributed by atoms with van der Waals surface area (Å²) >= 11 is 1.62. The van der Waals surface area contributed by atoms with E-state index < -0.39 is 10.0 Å². The Bertz CT molecular complexity index is 1340. The van der Waals surface area contributed by atoms with Crippen molar-refractivity contribution in [1.29, 1.82) is 0 Å². The average molecular weight is 531 g/mol. The lowest BCUT2D eigenvalue weighted by Crippen LogP contribution is -2.48. The van der Waals surface area contributed by atoms with Gasteiger partial charge < -0.3 is 19.3 Å². The minimum atomic E-state index is -3.64. The lowest BCUT2D eigenvalue weighted by molar-refractivity contribution is -0.0440. The van der Waals surface area contributed by atoms with Crippen molar-refractivity contribution in [3.8, 4) is 5.75 Å². The molecule has 192 valence electrons. The maximum absolute atomic E-state index is 13.1. The Balaban J connectivity index is 1.22. The van der Waals surface area contributed by atoms with Crippen LogP contribution in [0, 0.1) is 0 Å². The number of aromatic nitrogens is 1. The Morgan fingerprint density at radius 2 is 1.69 bits per heavy atom. The van der Waals surface area contributed by atoms with E-state index in [1.165, 1.54) is 16.4 Å². The number of methoxy groups -OCH3 is 1. The molecule has 3 aromatic rings. The summed E-state index contributed by atoms with van der Waals surface area (Å²) < 4.78 is 39.7. The second-order valence-electron chi connectivity index (χ2n) is 9.21. The van der Waals surface area contributed by atoms with Crippen LogP contribution in [0.3, 0.4) is 0 Å². The summed E-state index contributed by atoms with van der Waals surface area (Å²) in [6.45, 7) is 6.88. The number of rotatable bonds is 5. The minimum absolute atomic E-state index is 0.0961. The van der Waals surface area contributed by atoms with Gasteiger partial charge in [0.25, 0.3) is 5.91 Å². The Morgan fingerprint density at radius 3 is 2.33 bits per heavy atom. The molecule has 2 saturated heterocycles. The summed E-state index contributed by atoms with van der Waals surface area (Å²) in [6.07, 6.45) is -0.317. The van der Waals surface area contributed by atoms with Crippen LogP contribution in [0.1, 0.15) is 24.2 Å². The fourth-order valence-electron chi connectivity index (χ4n) is 4.68. The van der Waals surface area contributed by atoms with Crippen molar-refractivity contribution in [2.75, 3.05) is 51.3 Å². The molecule has 1 amide bonds. The number of fused-ring (bicyclic) bond motifs is 1. The van der Waals surface area contributed by atoms with Crippen LogP contribution >= 0.6 is 11.3 Å². The highest BCUT2D eigenvalue weighted by atomic mass is 32.2. The van der Waals surface area contributed by atoms with E-state index in [1.54, 1.807) is 30.6 Å². The van der Waals surface area contributed by atoms with Gasteiger partial charge in [-0.3, -0.25) is 4.79 Å². The molecule has 9 nitrogen and oxygen atoms in total. The first-order chi connectivity index (χ1) is 17.2. The molecule has 3 heterocycles. The lowest BCUT2D eigenvalue weighted by Gasteiger charge is -2.35. The van der Waals surface area contributed by atoms with Crippen LogP contribution in [0.25, 0.3) is 10.2 Å². The van der Waals surface area contributed by atoms with Crippen molar-refractivity contribution in [2.24, 2.45) is 0 Å². The molecule has 0 spiro atoms. The topological polar surface area (TPSA) is 92.3 Å². The Morgan fingerprint density at radius 1 is 1.03 bits per heavy atom. The number of anilines is 1. The zero-order valence-corrected chi connectivity index (χ0v) is 22.2. The van der Waals surface area contributed by atoms with E-state index >= 15 is 0 Å². The third-order valence-corrected chi connectivity index (χ3v) is 9.47. The molecule has 2 aromatic carbocycles. The number of piperazine rings is 1. The molecule has 0 radical (unpaired) electrons. The second kappa shape index (κ2) is 9.97. The molecule has 0 aliphatic carbocycles. The normalized spacial score (nSPS) is 21.6. The predicted molar refractivity (Wildman–Crippen MR) is 139 cm³/mol. The highest BCUT2D eigenvalue weighted by Gasteiger charge is 2.32. The van der Waals surface area contributed by atoms with Crippen LogP contribution in [0.5, 0.6) is 5.75 Å². The van der Waals surface area contributed by atoms with Gasteiger partial charge in [-0.25, -0.2) is 13.4 Å². The summed E-state index contributed by atoms with van der Waals surface area (Å²) in [6, 6.07) is 12.1. The van der Waals surface area contributed by atoms with Crippen molar-refractivity contribution in [3.63, 3.8) is 0 Å². The fourth-order valence-corrected chi connectivity index (χ4v) is 7.32. The third-order valence-electron chi connectivity index (χ3n) is 6.55. The van der Waals surface area contributed by atoms with Gasteiger partial charge in [-0.1, -0.05) is 11.3 Å². The molecular formula is C25H30N4O5S2. The van der Waals surface area contributed by atoms with Crippen molar-refractivity contribution >= 4 is 42.6 Å². The van der Waals surface area contributed by atoms with E-state index in [4.69, 9.17) is 14.5 Å². The first-order valence-electron chi connectivity index (χ1n) is 12.0. The van der Waals surface area contributed by atoms with E-state index in [9.17, 15) is 13.2 Å². The summed E-state index contributed by atoms with van der Waals surface area (Å²) in [5.74, 6) is 0.710. The van der Waals surface area contributed by atoms with E-state index in [2.05, 4.69) is 4.90 Å². The zero-order valence-electron chi connectivity index (χ0n) is 20.6. The Hall–Kier alpha value is -2.73. The number of hydrogen-bond acceptors (Lipinski definition) is 8. The molecular weight excluding hydrogens is 500 g/mol. The van der Waals surface area contributed by atoms with Gasteiger partial charge in [-0.2, -0.15) is 4.31 Å². The monoisotopic (exact) mass is 530 g/mol. The number of thiazole rings is 1. The van der Waals surface area contributed by atoms with Crippen LogP contribution < -0.4 is 9.64 Å². The third kappa shape index (κ3) is 4.93. The van der Waals surface area contributed by atoms with Gasteiger partial charge in [0.15, 0.2) is 5.13 Å². The van der Waals surface area contributed by atoms with Crippen molar-refractivity contribution in [2.45, 2.75) is 31.0 Å². The van der Waals surface area contributed by atoms with Gasteiger partial charge >= 0.3 is 0 Å². The molecule has 36 heavy (non-hydrogen) atoms. The SMILES string of the molecule is COc1ccc2nc(N3CCN(C(=O)c4ccc(S(=O)(=O)N5CC(C)OC(C)C5)cc4)CC3)sc2c1. The molecule has 2 fully saturated rings. The maximum atomic E-state index is 13.1. The van der Waals surface area contributed by atoms with Crippen LogP contribution in [0.4, 0.5) is 5.13 Å². The number of ether oxygens (including phenoxy) is 2. The highest BCUT2D eigenvalue weighted by Crippen LogP contribution is 2.32.